The number of carbonyl (C=O) groups excluding carboxylic acids is 2. The summed E-state index contributed by atoms with van der Waals surface area (Å²) in [5, 5.41) is 12.7. The lowest BCUT2D eigenvalue weighted by Gasteiger charge is -2.32. The second-order valence-corrected chi connectivity index (χ2v) is 5.66. The van der Waals surface area contributed by atoms with E-state index in [2.05, 4.69) is 5.10 Å². The minimum Gasteiger partial charge on any atom is -0.334 e. The third-order valence-corrected chi connectivity index (χ3v) is 3.06. The molecule has 19 heavy (non-hydrogen) atoms. The summed E-state index contributed by atoms with van der Waals surface area (Å²) < 4.78 is 1.69. The molecule has 7 heteroatoms. The molecule has 7 nitrogen and oxygen atoms in total. The van der Waals surface area contributed by atoms with Crippen LogP contribution in [-0.4, -0.2) is 38.2 Å². The molecule has 2 amide bonds. The van der Waals surface area contributed by atoms with E-state index in [4.69, 9.17) is 5.21 Å². The Balaban J connectivity index is 2.18. The summed E-state index contributed by atoms with van der Waals surface area (Å²) in [7, 11) is 0. The van der Waals surface area contributed by atoms with Gasteiger partial charge in [0, 0.05) is 12.0 Å². The number of hydrogen-bond acceptors (Lipinski definition) is 4. The lowest BCUT2D eigenvalue weighted by atomic mass is 9.94. The van der Waals surface area contributed by atoms with E-state index in [0.29, 0.717) is 19.6 Å². The number of nitrogens with zero attached hydrogens (tertiary/aromatic N) is 3. The lowest BCUT2D eigenvalue weighted by Crippen LogP contribution is -2.43. The summed E-state index contributed by atoms with van der Waals surface area (Å²) in [6.07, 6.45) is 0. The first-order valence-electron chi connectivity index (χ1n) is 6.13. The standard InChI is InChI=1S/C12H18N4O3/c1-12(2,3)11(18)15-4-5-16-8(7-15)6-9(13-16)10(17)14-19/h6,19H,4-5,7H2,1-3H3,(H,14,17). The van der Waals surface area contributed by atoms with Crippen LogP contribution in [0.2, 0.25) is 0 Å². The fourth-order valence-electron chi connectivity index (χ4n) is 2.08. The Morgan fingerprint density at radius 3 is 2.63 bits per heavy atom. The maximum atomic E-state index is 12.2. The maximum Gasteiger partial charge on any atom is 0.295 e. The van der Waals surface area contributed by atoms with Crippen LogP contribution in [0.4, 0.5) is 0 Å². The molecule has 0 atom stereocenters. The molecule has 2 N–H and O–H groups in total. The maximum absolute atomic E-state index is 12.2. The van der Waals surface area contributed by atoms with Crippen molar-refractivity contribution in [3.63, 3.8) is 0 Å². The van der Waals surface area contributed by atoms with Gasteiger partial charge in [-0.25, -0.2) is 5.48 Å². The molecule has 0 radical (unpaired) electrons. The number of hydroxylamine groups is 1. The van der Waals surface area contributed by atoms with E-state index in [-0.39, 0.29) is 11.6 Å². The van der Waals surface area contributed by atoms with Crippen LogP contribution in [0.1, 0.15) is 37.0 Å². The number of carbonyl (C=O) groups is 2. The van der Waals surface area contributed by atoms with Crippen molar-refractivity contribution in [2.75, 3.05) is 6.54 Å². The Hall–Kier alpha value is -1.89. The van der Waals surface area contributed by atoms with Gasteiger partial charge in [0.1, 0.15) is 0 Å². The second-order valence-electron chi connectivity index (χ2n) is 5.66. The monoisotopic (exact) mass is 266 g/mol. The van der Waals surface area contributed by atoms with Gasteiger partial charge in [0.15, 0.2) is 5.69 Å². The molecule has 2 heterocycles. The Labute approximate surface area is 111 Å². The molecule has 1 aliphatic rings. The van der Waals surface area contributed by atoms with Crippen molar-refractivity contribution in [2.45, 2.75) is 33.9 Å². The van der Waals surface area contributed by atoms with E-state index in [1.807, 2.05) is 20.8 Å². The van der Waals surface area contributed by atoms with E-state index in [1.54, 1.807) is 21.1 Å². The molecule has 104 valence electrons. The molecule has 2 rings (SSSR count). The van der Waals surface area contributed by atoms with Crippen molar-refractivity contribution < 1.29 is 14.8 Å². The van der Waals surface area contributed by atoms with Gasteiger partial charge in [0.05, 0.1) is 18.8 Å². The number of aromatic nitrogens is 2. The zero-order valence-electron chi connectivity index (χ0n) is 11.3. The van der Waals surface area contributed by atoms with Gasteiger partial charge in [-0.05, 0) is 6.07 Å². The molecule has 0 aromatic carbocycles. The molecule has 0 saturated heterocycles. The predicted octanol–water partition coefficient (Wildman–Crippen LogP) is 0.390. The zero-order chi connectivity index (χ0) is 14.2. The molecule has 0 fully saturated rings. The molecule has 0 bridgehead atoms. The molecule has 1 aliphatic heterocycles. The highest BCUT2D eigenvalue weighted by Crippen LogP contribution is 2.22. The highest BCUT2D eigenvalue weighted by Gasteiger charge is 2.30. The fourth-order valence-corrected chi connectivity index (χ4v) is 2.08. The normalized spacial score (nSPS) is 15.1. The first-order valence-corrected chi connectivity index (χ1v) is 6.13. The molecular weight excluding hydrogens is 248 g/mol. The molecule has 0 unspecified atom stereocenters. The summed E-state index contributed by atoms with van der Waals surface area (Å²) in [6.45, 7) is 7.20. The smallest absolute Gasteiger partial charge is 0.295 e. The fraction of sp³-hybridized carbons (Fsp3) is 0.583. The Morgan fingerprint density at radius 1 is 1.37 bits per heavy atom. The van der Waals surface area contributed by atoms with Crippen molar-refractivity contribution in [3.8, 4) is 0 Å². The van der Waals surface area contributed by atoms with Crippen LogP contribution in [0, 0.1) is 5.41 Å². The van der Waals surface area contributed by atoms with Crippen LogP contribution in [-0.2, 0) is 17.9 Å². The minimum atomic E-state index is -0.643. The highest BCUT2D eigenvalue weighted by molar-refractivity contribution is 5.91. The van der Waals surface area contributed by atoms with Crippen LogP contribution < -0.4 is 5.48 Å². The molecule has 0 aliphatic carbocycles. The summed E-state index contributed by atoms with van der Waals surface area (Å²) in [6, 6.07) is 1.59. The Morgan fingerprint density at radius 2 is 2.05 bits per heavy atom. The van der Waals surface area contributed by atoms with Crippen LogP contribution in [0.25, 0.3) is 0 Å². The van der Waals surface area contributed by atoms with Crippen molar-refractivity contribution >= 4 is 11.8 Å². The summed E-state index contributed by atoms with van der Waals surface area (Å²) in [5.41, 5.74) is 2.08. The number of rotatable bonds is 1. The first kappa shape index (κ1) is 13.5. The third kappa shape index (κ3) is 2.60. The van der Waals surface area contributed by atoms with E-state index >= 15 is 0 Å². The van der Waals surface area contributed by atoms with Gasteiger partial charge in [-0.2, -0.15) is 5.10 Å². The van der Waals surface area contributed by atoms with Crippen molar-refractivity contribution in [3.05, 3.63) is 17.5 Å². The van der Waals surface area contributed by atoms with Crippen molar-refractivity contribution in [2.24, 2.45) is 5.41 Å². The number of fused-ring (bicyclic) bond motifs is 1. The molecular formula is C12H18N4O3. The van der Waals surface area contributed by atoms with Gasteiger partial charge in [-0.3, -0.25) is 19.5 Å². The van der Waals surface area contributed by atoms with Gasteiger partial charge in [0.2, 0.25) is 5.91 Å². The van der Waals surface area contributed by atoms with E-state index in [0.717, 1.165) is 5.69 Å². The number of hydrogen-bond donors (Lipinski definition) is 2. The van der Waals surface area contributed by atoms with E-state index < -0.39 is 11.3 Å². The summed E-state index contributed by atoms with van der Waals surface area (Å²) in [5.74, 6) is -0.566. The second kappa shape index (κ2) is 4.65. The molecule has 0 spiro atoms. The zero-order valence-corrected chi connectivity index (χ0v) is 11.3. The van der Waals surface area contributed by atoms with Gasteiger partial charge < -0.3 is 4.90 Å². The average molecular weight is 266 g/mol. The first-order chi connectivity index (χ1) is 8.82. The summed E-state index contributed by atoms with van der Waals surface area (Å²) >= 11 is 0. The highest BCUT2D eigenvalue weighted by atomic mass is 16.5. The van der Waals surface area contributed by atoms with Crippen LogP contribution in [0.5, 0.6) is 0 Å². The average Bonchev–Trinajstić information content (AvgIpc) is 2.78. The summed E-state index contributed by atoms with van der Waals surface area (Å²) in [4.78, 5) is 25.3. The predicted molar refractivity (Wildman–Crippen MR) is 66.4 cm³/mol. The van der Waals surface area contributed by atoms with Crippen molar-refractivity contribution in [1.29, 1.82) is 0 Å². The topological polar surface area (TPSA) is 87.5 Å². The van der Waals surface area contributed by atoms with Gasteiger partial charge in [-0.15, -0.1) is 0 Å². The number of amides is 2. The molecule has 1 aromatic rings. The molecule has 1 aromatic heterocycles. The Bertz CT molecular complexity index is 516. The lowest BCUT2D eigenvalue weighted by molar-refractivity contribution is -0.141. The van der Waals surface area contributed by atoms with Crippen LogP contribution >= 0.6 is 0 Å². The quantitative estimate of drug-likeness (QED) is 0.568. The van der Waals surface area contributed by atoms with Gasteiger partial charge in [-0.1, -0.05) is 20.8 Å². The van der Waals surface area contributed by atoms with E-state index in [1.165, 1.54) is 0 Å². The minimum absolute atomic E-state index is 0.0770. The third-order valence-electron chi connectivity index (χ3n) is 3.06. The number of nitrogens with one attached hydrogen (secondary N) is 1. The largest absolute Gasteiger partial charge is 0.334 e. The van der Waals surface area contributed by atoms with Crippen molar-refractivity contribution in [1.82, 2.24) is 20.2 Å². The van der Waals surface area contributed by atoms with Gasteiger partial charge in [0.25, 0.3) is 5.91 Å². The molecule has 0 saturated carbocycles. The van der Waals surface area contributed by atoms with Crippen LogP contribution in [0.15, 0.2) is 6.07 Å². The Kier molecular flexibility index (Phi) is 3.32. The van der Waals surface area contributed by atoms with Crippen LogP contribution in [0.3, 0.4) is 0 Å². The SMILES string of the molecule is CC(C)(C)C(=O)N1CCn2nc(C(=O)NO)cc2C1. The van der Waals surface area contributed by atoms with E-state index in [9.17, 15) is 9.59 Å². The van der Waals surface area contributed by atoms with Gasteiger partial charge >= 0.3 is 0 Å².